The zero-order chi connectivity index (χ0) is 15.1. The van der Waals surface area contributed by atoms with Crippen molar-refractivity contribution in [2.45, 2.75) is 45.6 Å². The second-order valence-electron chi connectivity index (χ2n) is 5.67. The van der Waals surface area contributed by atoms with Gasteiger partial charge >= 0.3 is 0 Å². The van der Waals surface area contributed by atoms with Gasteiger partial charge in [-0.25, -0.2) is 0 Å². The van der Waals surface area contributed by atoms with Gasteiger partial charge in [0.15, 0.2) is 0 Å². The van der Waals surface area contributed by atoms with Crippen LogP contribution in [0.2, 0.25) is 0 Å². The molecular formula is C16H24N2O3. The summed E-state index contributed by atoms with van der Waals surface area (Å²) < 4.78 is 5.64. The van der Waals surface area contributed by atoms with Crippen molar-refractivity contribution >= 4 is 11.4 Å². The average molecular weight is 292 g/mol. The minimum Gasteiger partial charge on any atom is -0.380 e. The largest absolute Gasteiger partial charge is 0.380 e. The van der Waals surface area contributed by atoms with E-state index in [0.717, 1.165) is 37.5 Å². The number of rotatable bonds is 9. The summed E-state index contributed by atoms with van der Waals surface area (Å²) in [6, 6.07) is 5.29. The van der Waals surface area contributed by atoms with Crippen molar-refractivity contribution in [2.75, 3.05) is 18.5 Å². The number of anilines is 1. The molecule has 1 aromatic rings. The van der Waals surface area contributed by atoms with E-state index in [9.17, 15) is 10.1 Å². The van der Waals surface area contributed by atoms with Gasteiger partial charge in [0.25, 0.3) is 5.69 Å². The average Bonchev–Trinajstić information content (AvgIpc) is 2.43. The molecule has 5 nitrogen and oxygen atoms in total. The number of nitro benzene ring substituents is 1. The summed E-state index contributed by atoms with van der Waals surface area (Å²) in [5.41, 5.74) is 1.57. The zero-order valence-corrected chi connectivity index (χ0v) is 12.6. The molecule has 2 rings (SSSR count). The Morgan fingerprint density at radius 3 is 2.86 bits per heavy atom. The number of hydrogen-bond acceptors (Lipinski definition) is 4. The van der Waals surface area contributed by atoms with Crippen LogP contribution in [0.1, 0.15) is 44.6 Å². The van der Waals surface area contributed by atoms with Gasteiger partial charge < -0.3 is 10.1 Å². The summed E-state index contributed by atoms with van der Waals surface area (Å²) in [6.07, 6.45) is 6.05. The number of nitro groups is 1. The maximum Gasteiger partial charge on any atom is 0.292 e. The Hall–Kier alpha value is -1.62. The lowest BCUT2D eigenvalue weighted by Crippen LogP contribution is -2.13. The predicted molar refractivity (Wildman–Crippen MR) is 83.5 cm³/mol. The van der Waals surface area contributed by atoms with Crippen molar-refractivity contribution in [2.24, 2.45) is 5.92 Å². The van der Waals surface area contributed by atoms with Gasteiger partial charge in [-0.1, -0.05) is 32.3 Å². The maximum absolute atomic E-state index is 11.1. The van der Waals surface area contributed by atoms with Crippen LogP contribution in [0.25, 0.3) is 0 Å². The van der Waals surface area contributed by atoms with E-state index in [2.05, 4.69) is 5.32 Å². The quantitative estimate of drug-likeness (QED) is 0.422. The van der Waals surface area contributed by atoms with Crippen molar-refractivity contribution < 1.29 is 9.66 Å². The van der Waals surface area contributed by atoms with Gasteiger partial charge in [-0.2, -0.15) is 0 Å². The molecule has 0 amide bonds. The molecule has 5 heteroatoms. The van der Waals surface area contributed by atoms with Crippen molar-refractivity contribution in [1.82, 2.24) is 0 Å². The Balaban J connectivity index is 1.86. The van der Waals surface area contributed by atoms with Crippen LogP contribution in [0, 0.1) is 16.0 Å². The molecule has 0 heterocycles. The molecule has 0 spiro atoms. The van der Waals surface area contributed by atoms with Crippen LogP contribution in [0.5, 0.6) is 0 Å². The first-order valence-corrected chi connectivity index (χ1v) is 7.79. The van der Waals surface area contributed by atoms with E-state index >= 15 is 0 Å². The molecule has 0 bridgehead atoms. The molecule has 0 saturated heterocycles. The third-order valence-electron chi connectivity index (χ3n) is 3.99. The number of nitrogens with zero attached hydrogens (tertiary/aromatic N) is 1. The summed E-state index contributed by atoms with van der Waals surface area (Å²) in [4.78, 5) is 10.8. The van der Waals surface area contributed by atoms with Gasteiger partial charge in [0.2, 0.25) is 0 Å². The molecule has 1 saturated carbocycles. The zero-order valence-electron chi connectivity index (χ0n) is 12.6. The van der Waals surface area contributed by atoms with E-state index < -0.39 is 0 Å². The van der Waals surface area contributed by atoms with E-state index in [1.807, 2.05) is 13.0 Å². The topological polar surface area (TPSA) is 64.4 Å². The molecule has 1 aromatic carbocycles. The molecule has 1 aliphatic rings. The molecule has 1 fully saturated rings. The fraction of sp³-hybridized carbons (Fsp3) is 0.625. The highest BCUT2D eigenvalue weighted by molar-refractivity contribution is 5.62. The van der Waals surface area contributed by atoms with E-state index in [1.54, 1.807) is 12.1 Å². The first-order chi connectivity index (χ1) is 10.2. The van der Waals surface area contributed by atoms with Crippen molar-refractivity contribution in [3.63, 3.8) is 0 Å². The summed E-state index contributed by atoms with van der Waals surface area (Å²) >= 11 is 0. The molecule has 1 N–H and O–H groups in total. The molecular weight excluding hydrogens is 268 g/mol. The monoisotopic (exact) mass is 292 g/mol. The molecule has 1 aliphatic carbocycles. The Labute approximate surface area is 125 Å². The highest BCUT2D eigenvalue weighted by atomic mass is 16.6. The second kappa shape index (κ2) is 7.98. The lowest BCUT2D eigenvalue weighted by molar-refractivity contribution is -0.384. The normalized spacial score (nSPS) is 14.7. The van der Waals surface area contributed by atoms with Crippen molar-refractivity contribution in [1.29, 1.82) is 0 Å². The smallest absolute Gasteiger partial charge is 0.292 e. The van der Waals surface area contributed by atoms with Gasteiger partial charge in [0.05, 0.1) is 11.5 Å². The van der Waals surface area contributed by atoms with Gasteiger partial charge in [-0.15, -0.1) is 0 Å². The molecule has 0 atom stereocenters. The molecule has 0 radical (unpaired) electrons. The number of benzene rings is 1. The minimum absolute atomic E-state index is 0.128. The molecule has 0 aromatic heterocycles. The number of nitrogens with one attached hydrogen (secondary N) is 1. The molecule has 21 heavy (non-hydrogen) atoms. The lowest BCUT2D eigenvalue weighted by Gasteiger charge is -2.24. The Morgan fingerprint density at radius 2 is 2.24 bits per heavy atom. The second-order valence-corrected chi connectivity index (χ2v) is 5.67. The van der Waals surface area contributed by atoms with E-state index in [-0.39, 0.29) is 10.6 Å². The highest BCUT2D eigenvalue weighted by Crippen LogP contribution is 2.29. The third kappa shape index (κ3) is 4.70. The highest BCUT2D eigenvalue weighted by Gasteiger charge is 2.17. The van der Waals surface area contributed by atoms with Crippen molar-refractivity contribution in [3.8, 4) is 0 Å². The van der Waals surface area contributed by atoms with Crippen LogP contribution in [0.3, 0.4) is 0 Å². The SMILES string of the molecule is CCCNc1ccc(COCCC2CCC2)cc1[N+](=O)[O-]. The van der Waals surface area contributed by atoms with Crippen LogP contribution in [-0.4, -0.2) is 18.1 Å². The predicted octanol–water partition coefficient (Wildman–Crippen LogP) is 4.12. The Morgan fingerprint density at radius 1 is 1.43 bits per heavy atom. The first-order valence-electron chi connectivity index (χ1n) is 7.79. The van der Waals surface area contributed by atoms with Crippen LogP contribution < -0.4 is 5.32 Å². The Kier molecular flexibility index (Phi) is 5.99. The third-order valence-corrected chi connectivity index (χ3v) is 3.99. The van der Waals surface area contributed by atoms with Gasteiger partial charge in [-0.05, 0) is 30.4 Å². The molecule has 0 unspecified atom stereocenters. The summed E-state index contributed by atoms with van der Waals surface area (Å²) in [6.45, 7) is 3.96. The van der Waals surface area contributed by atoms with Crippen LogP contribution >= 0.6 is 0 Å². The fourth-order valence-corrected chi connectivity index (χ4v) is 2.45. The van der Waals surface area contributed by atoms with Crippen LogP contribution in [0.15, 0.2) is 18.2 Å². The van der Waals surface area contributed by atoms with Gasteiger partial charge in [0, 0.05) is 19.2 Å². The Bertz CT molecular complexity index is 473. The summed E-state index contributed by atoms with van der Waals surface area (Å²) in [5.74, 6) is 0.833. The van der Waals surface area contributed by atoms with Gasteiger partial charge in [-0.3, -0.25) is 10.1 Å². The summed E-state index contributed by atoms with van der Waals surface area (Å²) in [7, 11) is 0. The minimum atomic E-state index is -0.337. The fourth-order valence-electron chi connectivity index (χ4n) is 2.45. The molecule has 0 aliphatic heterocycles. The van der Waals surface area contributed by atoms with Crippen LogP contribution in [-0.2, 0) is 11.3 Å². The van der Waals surface area contributed by atoms with E-state index in [0.29, 0.717) is 12.3 Å². The lowest BCUT2D eigenvalue weighted by atomic mass is 9.83. The van der Waals surface area contributed by atoms with Gasteiger partial charge in [0.1, 0.15) is 5.69 Å². The maximum atomic E-state index is 11.1. The van der Waals surface area contributed by atoms with Crippen LogP contribution in [0.4, 0.5) is 11.4 Å². The van der Waals surface area contributed by atoms with E-state index in [1.165, 1.54) is 19.3 Å². The standard InChI is InChI=1S/C16H24N2O3/c1-2-9-17-15-7-6-14(11-16(15)18(19)20)12-21-10-8-13-4-3-5-13/h6-7,11,13,17H,2-5,8-10,12H2,1H3. The summed E-state index contributed by atoms with van der Waals surface area (Å²) in [5, 5.41) is 14.2. The van der Waals surface area contributed by atoms with E-state index in [4.69, 9.17) is 4.74 Å². The number of hydrogen-bond donors (Lipinski definition) is 1. The first kappa shape index (κ1) is 15.8. The molecule has 116 valence electrons. The number of ether oxygens (including phenoxy) is 1. The van der Waals surface area contributed by atoms with Crippen molar-refractivity contribution in [3.05, 3.63) is 33.9 Å².